The molecule has 0 aliphatic carbocycles. The Bertz CT molecular complexity index is 559. The van der Waals surface area contributed by atoms with Crippen molar-refractivity contribution < 1.29 is 9.53 Å². The maximum absolute atomic E-state index is 12.1. The number of rotatable bonds is 4. The summed E-state index contributed by atoms with van der Waals surface area (Å²) >= 11 is 0. The number of anilines is 2. The van der Waals surface area contributed by atoms with Crippen LogP contribution in [0.15, 0.2) is 12.4 Å². The highest BCUT2D eigenvalue weighted by Gasteiger charge is 2.23. The van der Waals surface area contributed by atoms with Gasteiger partial charge in [-0.25, -0.2) is 9.97 Å². The highest BCUT2D eigenvalue weighted by molar-refractivity contribution is 5.85. The lowest BCUT2D eigenvalue weighted by Gasteiger charge is -2.36. The number of ether oxygens (including phenoxy) is 1. The zero-order valence-corrected chi connectivity index (χ0v) is 15.5. The fourth-order valence-corrected chi connectivity index (χ4v) is 3.06. The van der Waals surface area contributed by atoms with E-state index in [2.05, 4.69) is 19.8 Å². The number of nitrogens with zero attached hydrogens (tertiary/aromatic N) is 5. The van der Waals surface area contributed by atoms with E-state index in [0.29, 0.717) is 19.5 Å². The lowest BCUT2D eigenvalue weighted by Crippen LogP contribution is -2.49. The van der Waals surface area contributed by atoms with E-state index in [1.54, 1.807) is 6.33 Å². The number of morpholine rings is 1. The molecule has 2 saturated heterocycles. The van der Waals surface area contributed by atoms with Crippen molar-refractivity contribution in [3.8, 4) is 0 Å². The monoisotopic (exact) mass is 370 g/mol. The van der Waals surface area contributed by atoms with Crippen LogP contribution in [0.3, 0.4) is 0 Å². The topological polar surface area (TPSA) is 87.8 Å². The molecule has 0 radical (unpaired) electrons. The third-order valence-electron chi connectivity index (χ3n) is 4.43. The van der Waals surface area contributed by atoms with Gasteiger partial charge in [-0.15, -0.1) is 12.4 Å². The van der Waals surface area contributed by atoms with Gasteiger partial charge in [0.2, 0.25) is 5.91 Å². The summed E-state index contributed by atoms with van der Waals surface area (Å²) in [5.74, 6) is 2.01. The van der Waals surface area contributed by atoms with Gasteiger partial charge in [0.05, 0.1) is 13.2 Å². The lowest BCUT2D eigenvalue weighted by molar-refractivity contribution is -0.131. The van der Waals surface area contributed by atoms with Crippen molar-refractivity contribution in [3.63, 3.8) is 0 Å². The molecule has 3 rings (SSSR count). The van der Waals surface area contributed by atoms with Crippen LogP contribution in [0, 0.1) is 0 Å². The minimum Gasteiger partial charge on any atom is -0.378 e. The number of halogens is 1. The number of nitrogens with two attached hydrogens (primary N) is 1. The third kappa shape index (κ3) is 5.17. The number of carbonyl (C=O) groups excluding carboxylic acids is 1. The summed E-state index contributed by atoms with van der Waals surface area (Å²) in [5, 5.41) is 0. The second-order valence-corrected chi connectivity index (χ2v) is 6.38. The lowest BCUT2D eigenvalue weighted by atomic mass is 10.2. The van der Waals surface area contributed by atoms with E-state index in [1.807, 2.05) is 17.9 Å². The summed E-state index contributed by atoms with van der Waals surface area (Å²) in [6.45, 7) is 8.03. The normalized spacial score (nSPS) is 19.4. The van der Waals surface area contributed by atoms with Gasteiger partial charge in [-0.05, 0) is 6.92 Å². The Labute approximate surface area is 154 Å². The van der Waals surface area contributed by atoms with Gasteiger partial charge in [0.25, 0.3) is 0 Å². The number of hydrogen-bond acceptors (Lipinski definition) is 7. The third-order valence-corrected chi connectivity index (χ3v) is 4.43. The first kappa shape index (κ1) is 19.7. The van der Waals surface area contributed by atoms with Crippen LogP contribution in [0.2, 0.25) is 0 Å². The Morgan fingerprint density at radius 1 is 1.12 bits per heavy atom. The zero-order valence-electron chi connectivity index (χ0n) is 14.6. The maximum atomic E-state index is 12.1. The highest BCUT2D eigenvalue weighted by atomic mass is 35.5. The number of hydrogen-bond donors (Lipinski definition) is 1. The van der Waals surface area contributed by atoms with Crippen LogP contribution in [0.1, 0.15) is 13.3 Å². The molecule has 3 heterocycles. The Hall–Kier alpha value is -1.64. The summed E-state index contributed by atoms with van der Waals surface area (Å²) < 4.78 is 5.39. The van der Waals surface area contributed by atoms with Gasteiger partial charge in [0.15, 0.2) is 0 Å². The second-order valence-electron chi connectivity index (χ2n) is 6.38. The molecule has 1 amide bonds. The standard InChI is InChI=1S/C16H26N6O2.ClH/c1-13(17)10-16(23)22-4-2-20(3-5-22)14-11-15(19-12-18-14)21-6-8-24-9-7-21;/h11-13H,2-10,17H2,1H3;1H. The molecule has 1 aromatic rings. The van der Waals surface area contributed by atoms with Crippen molar-refractivity contribution in [2.75, 3.05) is 62.3 Å². The number of amides is 1. The second kappa shape index (κ2) is 9.17. The number of piperazine rings is 1. The van der Waals surface area contributed by atoms with Crippen LogP contribution in [-0.4, -0.2) is 79.3 Å². The van der Waals surface area contributed by atoms with Crippen molar-refractivity contribution >= 4 is 29.9 Å². The minimum absolute atomic E-state index is 0. The van der Waals surface area contributed by atoms with Gasteiger partial charge in [-0.1, -0.05) is 0 Å². The predicted molar refractivity (Wildman–Crippen MR) is 99.4 cm³/mol. The van der Waals surface area contributed by atoms with E-state index < -0.39 is 0 Å². The number of aromatic nitrogens is 2. The van der Waals surface area contributed by atoms with E-state index in [1.165, 1.54) is 0 Å². The summed E-state index contributed by atoms with van der Waals surface area (Å²) in [6.07, 6.45) is 2.03. The smallest absolute Gasteiger partial charge is 0.224 e. The first-order valence-corrected chi connectivity index (χ1v) is 8.56. The molecule has 9 heteroatoms. The van der Waals surface area contributed by atoms with Gasteiger partial charge in [0.1, 0.15) is 18.0 Å². The fourth-order valence-electron chi connectivity index (χ4n) is 3.06. The van der Waals surface area contributed by atoms with Crippen molar-refractivity contribution in [3.05, 3.63) is 12.4 Å². The van der Waals surface area contributed by atoms with Crippen molar-refractivity contribution in [1.82, 2.24) is 14.9 Å². The van der Waals surface area contributed by atoms with E-state index >= 15 is 0 Å². The van der Waals surface area contributed by atoms with E-state index in [9.17, 15) is 4.79 Å². The Kier molecular flexibility index (Phi) is 7.22. The Morgan fingerprint density at radius 2 is 1.68 bits per heavy atom. The SMILES string of the molecule is CC(N)CC(=O)N1CCN(c2cc(N3CCOCC3)ncn2)CC1.Cl. The molecule has 1 unspecified atom stereocenters. The summed E-state index contributed by atoms with van der Waals surface area (Å²) in [6, 6.07) is 1.94. The molecule has 0 bridgehead atoms. The molecule has 2 N–H and O–H groups in total. The molecular formula is C16H27ClN6O2. The first-order chi connectivity index (χ1) is 11.6. The van der Waals surface area contributed by atoms with Crippen LogP contribution >= 0.6 is 12.4 Å². The molecular weight excluding hydrogens is 344 g/mol. The Balaban J connectivity index is 0.00000225. The van der Waals surface area contributed by atoms with E-state index in [0.717, 1.165) is 51.0 Å². The number of carbonyl (C=O) groups is 1. The minimum atomic E-state index is -0.0894. The molecule has 2 fully saturated rings. The largest absolute Gasteiger partial charge is 0.378 e. The van der Waals surface area contributed by atoms with E-state index in [4.69, 9.17) is 10.5 Å². The van der Waals surface area contributed by atoms with E-state index in [-0.39, 0.29) is 24.4 Å². The average Bonchev–Trinajstić information content (AvgIpc) is 2.62. The fraction of sp³-hybridized carbons (Fsp3) is 0.688. The van der Waals surface area contributed by atoms with Gasteiger partial charge >= 0.3 is 0 Å². The van der Waals surface area contributed by atoms with Crippen LogP contribution in [0.4, 0.5) is 11.6 Å². The maximum Gasteiger partial charge on any atom is 0.224 e. The molecule has 1 aromatic heterocycles. The van der Waals surface area contributed by atoms with Crippen LogP contribution in [0.25, 0.3) is 0 Å². The van der Waals surface area contributed by atoms with Gasteiger partial charge in [-0.2, -0.15) is 0 Å². The molecule has 0 spiro atoms. The van der Waals surface area contributed by atoms with Gasteiger partial charge in [0, 0.05) is 57.8 Å². The quantitative estimate of drug-likeness (QED) is 0.805. The summed E-state index contributed by atoms with van der Waals surface area (Å²) in [4.78, 5) is 27.2. The molecule has 8 nitrogen and oxygen atoms in total. The molecule has 140 valence electrons. The molecule has 1 atom stereocenters. The molecule has 0 saturated carbocycles. The first-order valence-electron chi connectivity index (χ1n) is 8.56. The van der Waals surface area contributed by atoms with Crippen molar-refractivity contribution in [1.29, 1.82) is 0 Å². The van der Waals surface area contributed by atoms with Crippen LogP contribution in [-0.2, 0) is 9.53 Å². The summed E-state index contributed by atoms with van der Waals surface area (Å²) in [7, 11) is 0. The molecule has 0 aromatic carbocycles. The van der Waals surface area contributed by atoms with Crippen LogP contribution in [0.5, 0.6) is 0 Å². The summed E-state index contributed by atoms with van der Waals surface area (Å²) in [5.41, 5.74) is 5.72. The van der Waals surface area contributed by atoms with Gasteiger partial charge < -0.3 is 25.2 Å². The van der Waals surface area contributed by atoms with Gasteiger partial charge in [-0.3, -0.25) is 4.79 Å². The van der Waals surface area contributed by atoms with Crippen LogP contribution < -0.4 is 15.5 Å². The molecule has 2 aliphatic heterocycles. The molecule has 25 heavy (non-hydrogen) atoms. The zero-order chi connectivity index (χ0) is 16.9. The Morgan fingerprint density at radius 3 is 2.24 bits per heavy atom. The highest BCUT2D eigenvalue weighted by Crippen LogP contribution is 2.20. The van der Waals surface area contributed by atoms with Crippen molar-refractivity contribution in [2.24, 2.45) is 5.73 Å². The predicted octanol–water partition coefficient (Wildman–Crippen LogP) is 0.121. The average molecular weight is 371 g/mol. The van der Waals surface area contributed by atoms with Crippen molar-refractivity contribution in [2.45, 2.75) is 19.4 Å². The molecule has 2 aliphatic rings.